The highest BCUT2D eigenvalue weighted by atomic mass is 32.1. The number of benzene rings is 1. The van der Waals surface area contributed by atoms with Gasteiger partial charge in [-0.3, -0.25) is 4.98 Å². The molecule has 0 saturated heterocycles. The standard InChI is InChI=1S/C17H13NO3S/c1-20-16-13(15-8-4-10-22-15)6-2-7-14(16)17(19)21-12-5-3-9-18-11-12/h2-11H,1H3. The summed E-state index contributed by atoms with van der Waals surface area (Å²) in [6, 6.07) is 12.8. The van der Waals surface area contributed by atoms with Crippen LogP contribution in [0.1, 0.15) is 10.4 Å². The van der Waals surface area contributed by atoms with Crippen molar-refractivity contribution < 1.29 is 14.3 Å². The maximum absolute atomic E-state index is 12.4. The van der Waals surface area contributed by atoms with Crippen molar-refractivity contribution in [2.75, 3.05) is 7.11 Å². The molecule has 0 bridgehead atoms. The van der Waals surface area contributed by atoms with Crippen LogP contribution < -0.4 is 9.47 Å². The van der Waals surface area contributed by atoms with Gasteiger partial charge in [-0.1, -0.05) is 12.1 Å². The van der Waals surface area contributed by atoms with Gasteiger partial charge in [-0.05, 0) is 35.7 Å². The van der Waals surface area contributed by atoms with Crippen molar-refractivity contribution in [2.24, 2.45) is 0 Å². The highest BCUT2D eigenvalue weighted by molar-refractivity contribution is 7.13. The zero-order valence-corrected chi connectivity index (χ0v) is 12.7. The van der Waals surface area contributed by atoms with Gasteiger partial charge >= 0.3 is 5.97 Å². The molecule has 0 aliphatic heterocycles. The Morgan fingerprint density at radius 3 is 2.73 bits per heavy atom. The van der Waals surface area contributed by atoms with Crippen LogP contribution in [0.5, 0.6) is 11.5 Å². The van der Waals surface area contributed by atoms with Crippen LogP contribution in [0.2, 0.25) is 0 Å². The highest BCUT2D eigenvalue weighted by Crippen LogP contribution is 2.36. The van der Waals surface area contributed by atoms with Crippen LogP contribution in [-0.4, -0.2) is 18.1 Å². The minimum Gasteiger partial charge on any atom is -0.495 e. The van der Waals surface area contributed by atoms with E-state index in [-0.39, 0.29) is 0 Å². The second-order valence-electron chi connectivity index (χ2n) is 4.44. The van der Waals surface area contributed by atoms with Crippen molar-refractivity contribution in [1.29, 1.82) is 0 Å². The number of pyridine rings is 1. The van der Waals surface area contributed by atoms with E-state index in [1.807, 2.05) is 29.6 Å². The number of thiophene rings is 1. The number of ether oxygens (including phenoxy) is 2. The van der Waals surface area contributed by atoms with E-state index in [9.17, 15) is 4.79 Å². The van der Waals surface area contributed by atoms with Crippen molar-refractivity contribution >= 4 is 17.3 Å². The second-order valence-corrected chi connectivity index (χ2v) is 5.39. The van der Waals surface area contributed by atoms with Crippen LogP contribution in [0.25, 0.3) is 10.4 Å². The zero-order valence-electron chi connectivity index (χ0n) is 11.9. The molecule has 0 aliphatic carbocycles. The van der Waals surface area contributed by atoms with E-state index in [1.54, 1.807) is 42.8 Å². The summed E-state index contributed by atoms with van der Waals surface area (Å²) in [4.78, 5) is 17.3. The molecule has 5 heteroatoms. The summed E-state index contributed by atoms with van der Waals surface area (Å²) >= 11 is 1.59. The number of carbonyl (C=O) groups excluding carboxylic acids is 1. The van der Waals surface area contributed by atoms with Crippen LogP contribution >= 0.6 is 11.3 Å². The number of carbonyl (C=O) groups is 1. The Kier molecular flexibility index (Phi) is 4.16. The van der Waals surface area contributed by atoms with E-state index >= 15 is 0 Å². The first-order chi connectivity index (χ1) is 10.8. The molecule has 2 aromatic heterocycles. The van der Waals surface area contributed by atoms with Crippen LogP contribution in [-0.2, 0) is 0 Å². The van der Waals surface area contributed by atoms with Crippen molar-refractivity contribution in [1.82, 2.24) is 4.98 Å². The van der Waals surface area contributed by atoms with Gasteiger partial charge in [0.2, 0.25) is 0 Å². The molecule has 0 amide bonds. The normalized spacial score (nSPS) is 10.2. The molecular formula is C17H13NO3S. The van der Waals surface area contributed by atoms with Gasteiger partial charge in [-0.2, -0.15) is 0 Å². The quantitative estimate of drug-likeness (QED) is 0.682. The number of esters is 1. The third-order valence-corrected chi connectivity index (χ3v) is 3.97. The van der Waals surface area contributed by atoms with E-state index < -0.39 is 5.97 Å². The molecule has 0 aliphatic rings. The summed E-state index contributed by atoms with van der Waals surface area (Å²) in [7, 11) is 1.55. The van der Waals surface area contributed by atoms with Crippen LogP contribution in [0.15, 0.2) is 60.2 Å². The topological polar surface area (TPSA) is 48.4 Å². The number of hydrogen-bond donors (Lipinski definition) is 0. The Balaban J connectivity index is 1.97. The Labute approximate surface area is 132 Å². The van der Waals surface area contributed by atoms with Crippen LogP contribution in [0.4, 0.5) is 0 Å². The molecule has 3 aromatic rings. The molecule has 0 unspecified atom stereocenters. The summed E-state index contributed by atoms with van der Waals surface area (Å²) in [5.41, 5.74) is 1.26. The second kappa shape index (κ2) is 6.41. The third-order valence-electron chi connectivity index (χ3n) is 3.07. The van der Waals surface area contributed by atoms with Crippen LogP contribution in [0, 0.1) is 0 Å². The molecule has 110 valence electrons. The van der Waals surface area contributed by atoms with Crippen molar-refractivity contribution in [2.45, 2.75) is 0 Å². The van der Waals surface area contributed by atoms with Crippen LogP contribution in [0.3, 0.4) is 0 Å². The minimum absolute atomic E-state index is 0.386. The average Bonchev–Trinajstić information content (AvgIpc) is 3.09. The predicted molar refractivity (Wildman–Crippen MR) is 85.5 cm³/mol. The van der Waals surface area contributed by atoms with E-state index in [1.165, 1.54) is 6.20 Å². The minimum atomic E-state index is -0.469. The van der Waals surface area contributed by atoms with Gasteiger partial charge in [0.1, 0.15) is 17.1 Å². The van der Waals surface area contributed by atoms with Gasteiger partial charge in [0.25, 0.3) is 0 Å². The maximum Gasteiger partial charge on any atom is 0.347 e. The lowest BCUT2D eigenvalue weighted by Gasteiger charge is -2.12. The van der Waals surface area contributed by atoms with Gasteiger partial charge in [0.05, 0.1) is 13.3 Å². The number of methoxy groups -OCH3 is 1. The lowest BCUT2D eigenvalue weighted by atomic mass is 10.1. The smallest absolute Gasteiger partial charge is 0.347 e. The number of para-hydroxylation sites is 1. The molecule has 4 nitrogen and oxygen atoms in total. The third kappa shape index (κ3) is 2.84. The Bertz CT molecular complexity index is 770. The fraction of sp³-hybridized carbons (Fsp3) is 0.0588. The first-order valence-electron chi connectivity index (χ1n) is 6.62. The monoisotopic (exact) mass is 311 g/mol. The Morgan fingerprint density at radius 2 is 2.05 bits per heavy atom. The molecule has 22 heavy (non-hydrogen) atoms. The predicted octanol–water partition coefficient (Wildman–Crippen LogP) is 4.04. The van der Waals surface area contributed by atoms with Gasteiger partial charge in [-0.15, -0.1) is 11.3 Å². The van der Waals surface area contributed by atoms with Crippen molar-refractivity contribution in [3.63, 3.8) is 0 Å². The number of hydrogen-bond acceptors (Lipinski definition) is 5. The van der Waals surface area contributed by atoms with Gasteiger partial charge in [0, 0.05) is 16.6 Å². The Hall–Kier alpha value is -2.66. The molecule has 2 heterocycles. The van der Waals surface area contributed by atoms with E-state index in [2.05, 4.69) is 4.98 Å². The van der Waals surface area contributed by atoms with Gasteiger partial charge < -0.3 is 9.47 Å². The van der Waals surface area contributed by atoms with Crippen molar-refractivity contribution in [3.8, 4) is 21.9 Å². The average molecular weight is 311 g/mol. The number of aromatic nitrogens is 1. The lowest BCUT2D eigenvalue weighted by molar-refractivity contribution is 0.0731. The summed E-state index contributed by atoms with van der Waals surface area (Å²) in [6.07, 6.45) is 3.11. The number of rotatable bonds is 4. The summed E-state index contributed by atoms with van der Waals surface area (Å²) < 4.78 is 10.8. The lowest BCUT2D eigenvalue weighted by Crippen LogP contribution is -2.10. The largest absolute Gasteiger partial charge is 0.495 e. The molecule has 1 aromatic carbocycles. The molecule has 0 radical (unpaired) electrons. The molecule has 0 N–H and O–H groups in total. The summed E-state index contributed by atoms with van der Waals surface area (Å²) in [6.45, 7) is 0. The highest BCUT2D eigenvalue weighted by Gasteiger charge is 2.19. The van der Waals surface area contributed by atoms with E-state index in [0.29, 0.717) is 17.1 Å². The fourth-order valence-corrected chi connectivity index (χ4v) is 2.86. The Morgan fingerprint density at radius 1 is 1.14 bits per heavy atom. The molecule has 0 saturated carbocycles. The zero-order chi connectivity index (χ0) is 15.4. The fourth-order valence-electron chi connectivity index (χ4n) is 2.11. The number of nitrogens with zero attached hydrogens (tertiary/aromatic N) is 1. The summed E-state index contributed by atoms with van der Waals surface area (Å²) in [5, 5.41) is 1.98. The molecule has 0 spiro atoms. The summed E-state index contributed by atoms with van der Waals surface area (Å²) in [5.74, 6) is 0.443. The SMILES string of the molecule is COc1c(C(=O)Oc2cccnc2)cccc1-c1cccs1. The van der Waals surface area contributed by atoms with E-state index in [0.717, 1.165) is 10.4 Å². The molecule has 3 rings (SSSR count). The van der Waals surface area contributed by atoms with Gasteiger partial charge in [0.15, 0.2) is 0 Å². The molecule has 0 atom stereocenters. The first kappa shape index (κ1) is 14.3. The molecule has 0 fully saturated rings. The van der Waals surface area contributed by atoms with Gasteiger partial charge in [-0.25, -0.2) is 4.79 Å². The molecular weight excluding hydrogens is 298 g/mol. The van der Waals surface area contributed by atoms with E-state index in [4.69, 9.17) is 9.47 Å². The maximum atomic E-state index is 12.4. The first-order valence-corrected chi connectivity index (χ1v) is 7.50. The van der Waals surface area contributed by atoms with Crippen molar-refractivity contribution in [3.05, 3.63) is 65.8 Å².